The molecule has 5 nitrogen and oxygen atoms in total. The Morgan fingerprint density at radius 1 is 1.29 bits per heavy atom. The van der Waals surface area contributed by atoms with E-state index >= 15 is 0 Å². The van der Waals surface area contributed by atoms with E-state index in [9.17, 15) is 9.59 Å². The third-order valence-corrected chi connectivity index (χ3v) is 4.25. The van der Waals surface area contributed by atoms with Crippen LogP contribution in [0.1, 0.15) is 24.0 Å². The van der Waals surface area contributed by atoms with E-state index in [-0.39, 0.29) is 17.9 Å². The van der Waals surface area contributed by atoms with Gasteiger partial charge in [0.05, 0.1) is 0 Å². The van der Waals surface area contributed by atoms with Crippen LogP contribution in [0, 0.1) is 0 Å². The molecule has 3 rings (SSSR count). The van der Waals surface area contributed by atoms with Crippen molar-refractivity contribution in [1.82, 2.24) is 15.5 Å². The summed E-state index contributed by atoms with van der Waals surface area (Å²) in [7, 11) is 0. The zero-order valence-electron chi connectivity index (χ0n) is 12.1. The summed E-state index contributed by atoms with van der Waals surface area (Å²) in [6.07, 6.45) is 2.14. The predicted octanol–water partition coefficient (Wildman–Crippen LogP) is 0.440. The zero-order chi connectivity index (χ0) is 14.7. The monoisotopic (exact) mass is 287 g/mol. The Bertz CT molecular complexity index is 544. The van der Waals surface area contributed by atoms with E-state index in [1.54, 1.807) is 0 Å². The Hall–Kier alpha value is -1.88. The first kappa shape index (κ1) is 14.1. The lowest BCUT2D eigenvalue weighted by Gasteiger charge is -2.28. The van der Waals surface area contributed by atoms with E-state index in [1.807, 2.05) is 0 Å². The van der Waals surface area contributed by atoms with Crippen LogP contribution in [0.3, 0.4) is 0 Å². The number of nitrogens with one attached hydrogen (secondary N) is 2. The van der Waals surface area contributed by atoms with Gasteiger partial charge < -0.3 is 10.6 Å². The molecule has 2 N–H and O–H groups in total. The number of amides is 2. The Morgan fingerprint density at radius 2 is 2.10 bits per heavy atom. The van der Waals surface area contributed by atoms with Crippen molar-refractivity contribution in [1.29, 1.82) is 0 Å². The number of fused-ring (bicyclic) bond motifs is 1. The van der Waals surface area contributed by atoms with E-state index in [0.29, 0.717) is 19.4 Å². The van der Waals surface area contributed by atoms with Crippen molar-refractivity contribution >= 4 is 11.8 Å². The van der Waals surface area contributed by atoms with Gasteiger partial charge in [0.1, 0.15) is 6.04 Å². The van der Waals surface area contributed by atoms with Gasteiger partial charge in [0.2, 0.25) is 11.8 Å². The Balaban J connectivity index is 1.42. The molecule has 2 heterocycles. The Kier molecular flexibility index (Phi) is 4.20. The van der Waals surface area contributed by atoms with E-state index in [1.165, 1.54) is 11.1 Å². The van der Waals surface area contributed by atoms with Crippen LogP contribution in [0.2, 0.25) is 0 Å². The van der Waals surface area contributed by atoms with Crippen molar-refractivity contribution < 1.29 is 9.59 Å². The van der Waals surface area contributed by atoms with E-state index in [0.717, 1.165) is 26.1 Å². The maximum atomic E-state index is 11.9. The molecule has 5 heteroatoms. The minimum Gasteiger partial charge on any atom is -0.353 e. The quantitative estimate of drug-likeness (QED) is 0.845. The maximum absolute atomic E-state index is 11.9. The summed E-state index contributed by atoms with van der Waals surface area (Å²) in [6, 6.07) is 8.20. The highest BCUT2D eigenvalue weighted by atomic mass is 16.2. The van der Waals surface area contributed by atoms with Crippen LogP contribution in [-0.4, -0.2) is 42.4 Å². The van der Waals surface area contributed by atoms with Crippen molar-refractivity contribution in [2.24, 2.45) is 0 Å². The molecule has 0 aromatic heterocycles. The van der Waals surface area contributed by atoms with Crippen molar-refractivity contribution in [2.75, 3.05) is 19.6 Å². The summed E-state index contributed by atoms with van der Waals surface area (Å²) < 4.78 is 0. The molecular formula is C16H21N3O2. The van der Waals surface area contributed by atoms with Crippen LogP contribution < -0.4 is 10.6 Å². The SMILES string of the molecule is O=C1CCC(C(=O)NCCN2CCc3ccccc3C2)N1. The minimum atomic E-state index is -0.334. The lowest BCUT2D eigenvalue weighted by atomic mass is 10.00. The third-order valence-electron chi connectivity index (χ3n) is 4.25. The van der Waals surface area contributed by atoms with Crippen LogP contribution in [-0.2, 0) is 22.6 Å². The average molecular weight is 287 g/mol. The number of carbonyl (C=O) groups is 2. The van der Waals surface area contributed by atoms with E-state index in [2.05, 4.69) is 39.8 Å². The van der Waals surface area contributed by atoms with Gasteiger partial charge in [-0.2, -0.15) is 0 Å². The summed E-state index contributed by atoms with van der Waals surface area (Å²) in [4.78, 5) is 25.3. The highest BCUT2D eigenvalue weighted by Gasteiger charge is 2.26. The molecule has 21 heavy (non-hydrogen) atoms. The largest absolute Gasteiger partial charge is 0.353 e. The first-order chi connectivity index (χ1) is 10.2. The lowest BCUT2D eigenvalue weighted by molar-refractivity contribution is -0.125. The second-order valence-electron chi connectivity index (χ2n) is 5.74. The topological polar surface area (TPSA) is 61.4 Å². The van der Waals surface area contributed by atoms with Gasteiger partial charge in [-0.3, -0.25) is 14.5 Å². The summed E-state index contributed by atoms with van der Waals surface area (Å²) in [6.45, 7) is 3.47. The van der Waals surface area contributed by atoms with Crippen LogP contribution >= 0.6 is 0 Å². The van der Waals surface area contributed by atoms with Gasteiger partial charge in [-0.1, -0.05) is 24.3 Å². The van der Waals surface area contributed by atoms with Crippen molar-refractivity contribution in [3.05, 3.63) is 35.4 Å². The summed E-state index contributed by atoms with van der Waals surface area (Å²) >= 11 is 0. The first-order valence-electron chi connectivity index (χ1n) is 7.58. The zero-order valence-corrected chi connectivity index (χ0v) is 12.1. The second kappa shape index (κ2) is 6.26. The highest BCUT2D eigenvalue weighted by Crippen LogP contribution is 2.17. The first-order valence-corrected chi connectivity index (χ1v) is 7.58. The highest BCUT2D eigenvalue weighted by molar-refractivity contribution is 5.90. The Labute approximate surface area is 124 Å². The molecule has 1 aromatic carbocycles. The molecule has 0 saturated carbocycles. The van der Waals surface area contributed by atoms with Crippen LogP contribution in [0.5, 0.6) is 0 Å². The van der Waals surface area contributed by atoms with E-state index in [4.69, 9.17) is 0 Å². The smallest absolute Gasteiger partial charge is 0.242 e. The molecule has 2 aliphatic rings. The van der Waals surface area contributed by atoms with Gasteiger partial charge in [0.25, 0.3) is 0 Å². The fourth-order valence-electron chi connectivity index (χ4n) is 3.02. The van der Waals surface area contributed by atoms with Gasteiger partial charge in [-0.05, 0) is 24.0 Å². The fourth-order valence-corrected chi connectivity index (χ4v) is 3.02. The van der Waals surface area contributed by atoms with Crippen LogP contribution in [0.15, 0.2) is 24.3 Å². The molecule has 1 unspecified atom stereocenters. The molecule has 1 atom stereocenters. The molecule has 0 aliphatic carbocycles. The van der Waals surface area contributed by atoms with Crippen molar-refractivity contribution in [3.63, 3.8) is 0 Å². The van der Waals surface area contributed by atoms with Gasteiger partial charge in [0, 0.05) is 32.6 Å². The van der Waals surface area contributed by atoms with Gasteiger partial charge in [-0.15, -0.1) is 0 Å². The molecule has 1 fully saturated rings. The number of hydrogen-bond donors (Lipinski definition) is 2. The summed E-state index contributed by atoms with van der Waals surface area (Å²) in [5, 5.41) is 5.61. The molecule has 112 valence electrons. The fraction of sp³-hybridized carbons (Fsp3) is 0.500. The molecule has 1 saturated heterocycles. The van der Waals surface area contributed by atoms with Gasteiger partial charge in [-0.25, -0.2) is 0 Å². The number of nitrogens with zero attached hydrogens (tertiary/aromatic N) is 1. The summed E-state index contributed by atoms with van der Waals surface area (Å²) in [5.74, 6) is -0.0824. The molecule has 0 spiro atoms. The number of hydrogen-bond acceptors (Lipinski definition) is 3. The predicted molar refractivity (Wildman–Crippen MR) is 79.6 cm³/mol. The molecule has 0 bridgehead atoms. The van der Waals surface area contributed by atoms with Crippen molar-refractivity contribution in [2.45, 2.75) is 31.8 Å². The van der Waals surface area contributed by atoms with Gasteiger partial charge in [0.15, 0.2) is 0 Å². The molecule has 2 amide bonds. The molecule has 2 aliphatic heterocycles. The Morgan fingerprint density at radius 3 is 2.86 bits per heavy atom. The van der Waals surface area contributed by atoms with E-state index < -0.39 is 0 Å². The third kappa shape index (κ3) is 3.42. The summed E-state index contributed by atoms with van der Waals surface area (Å²) in [5.41, 5.74) is 2.82. The molecule has 0 radical (unpaired) electrons. The van der Waals surface area contributed by atoms with Gasteiger partial charge >= 0.3 is 0 Å². The van der Waals surface area contributed by atoms with Crippen LogP contribution in [0.4, 0.5) is 0 Å². The maximum Gasteiger partial charge on any atom is 0.242 e. The number of benzene rings is 1. The lowest BCUT2D eigenvalue weighted by Crippen LogP contribution is -2.44. The molecular weight excluding hydrogens is 266 g/mol. The number of carbonyl (C=O) groups excluding carboxylic acids is 2. The standard InChI is InChI=1S/C16H21N3O2/c20-15-6-5-14(18-15)16(21)17-8-10-19-9-7-12-3-1-2-4-13(12)11-19/h1-4,14H,5-11H2,(H,17,21)(H,18,20). The van der Waals surface area contributed by atoms with Crippen LogP contribution in [0.25, 0.3) is 0 Å². The second-order valence-corrected chi connectivity index (χ2v) is 5.74. The number of rotatable bonds is 4. The normalized spacial score (nSPS) is 21.7. The van der Waals surface area contributed by atoms with Crippen molar-refractivity contribution in [3.8, 4) is 0 Å². The average Bonchev–Trinajstić information content (AvgIpc) is 2.94. The molecule has 1 aromatic rings. The minimum absolute atomic E-state index is 0.0252.